The van der Waals surface area contributed by atoms with E-state index >= 15 is 0 Å². The maximum Gasteiger partial charge on any atom is 0.151 e. The largest absolute Gasteiger partial charge is 0.507 e. The van der Waals surface area contributed by atoms with Crippen molar-refractivity contribution in [2.24, 2.45) is 0 Å². The highest BCUT2D eigenvalue weighted by Gasteiger charge is 2.18. The number of ether oxygens (including phenoxy) is 1. The van der Waals surface area contributed by atoms with Gasteiger partial charge in [0.15, 0.2) is 6.23 Å². The average Bonchev–Trinajstić information content (AvgIpc) is 2.81. The SMILES string of the molecule is Oc1ccccc1SCC(O)CNC1CCSc2ccccc2O1. The molecule has 2 aromatic carbocycles. The molecule has 0 amide bonds. The summed E-state index contributed by atoms with van der Waals surface area (Å²) in [6.45, 7) is 0.456. The van der Waals surface area contributed by atoms with Crippen molar-refractivity contribution in [3.8, 4) is 11.5 Å². The Bertz CT molecular complexity index is 668. The molecule has 3 rings (SSSR count). The molecule has 0 aromatic heterocycles. The van der Waals surface area contributed by atoms with Gasteiger partial charge in [-0.1, -0.05) is 24.3 Å². The third-order valence-electron chi connectivity index (χ3n) is 3.63. The van der Waals surface area contributed by atoms with Crippen LogP contribution in [-0.2, 0) is 0 Å². The van der Waals surface area contributed by atoms with Crippen LogP contribution in [0.4, 0.5) is 0 Å². The van der Waals surface area contributed by atoms with Crippen molar-refractivity contribution in [1.82, 2.24) is 5.32 Å². The van der Waals surface area contributed by atoms with E-state index in [2.05, 4.69) is 11.4 Å². The summed E-state index contributed by atoms with van der Waals surface area (Å²) in [5.74, 6) is 2.65. The van der Waals surface area contributed by atoms with Gasteiger partial charge in [-0.2, -0.15) is 0 Å². The second-order valence-electron chi connectivity index (χ2n) is 5.53. The zero-order valence-corrected chi connectivity index (χ0v) is 14.9. The lowest BCUT2D eigenvalue weighted by Gasteiger charge is -2.20. The zero-order chi connectivity index (χ0) is 16.8. The Morgan fingerprint density at radius 1 is 1.21 bits per heavy atom. The highest BCUT2D eigenvalue weighted by atomic mass is 32.2. The summed E-state index contributed by atoms with van der Waals surface area (Å²) in [4.78, 5) is 1.95. The van der Waals surface area contributed by atoms with Gasteiger partial charge in [-0.05, 0) is 24.3 Å². The van der Waals surface area contributed by atoms with Crippen LogP contribution in [-0.4, -0.2) is 40.6 Å². The monoisotopic (exact) mass is 363 g/mol. The van der Waals surface area contributed by atoms with Crippen LogP contribution >= 0.6 is 23.5 Å². The fourth-order valence-corrected chi connectivity index (χ4v) is 4.26. The normalized spacial score (nSPS) is 18.3. The Labute approximate surface area is 150 Å². The maximum absolute atomic E-state index is 10.2. The molecule has 0 aliphatic carbocycles. The van der Waals surface area contributed by atoms with Gasteiger partial charge in [0.25, 0.3) is 0 Å². The number of benzene rings is 2. The van der Waals surface area contributed by atoms with Crippen molar-refractivity contribution in [3.05, 3.63) is 48.5 Å². The minimum absolute atomic E-state index is 0.0917. The number of fused-ring (bicyclic) bond motifs is 1. The lowest BCUT2D eigenvalue weighted by molar-refractivity contribution is 0.125. The van der Waals surface area contributed by atoms with Gasteiger partial charge in [-0.3, -0.25) is 5.32 Å². The molecule has 2 aromatic rings. The number of aliphatic hydroxyl groups is 1. The van der Waals surface area contributed by atoms with Crippen molar-refractivity contribution in [2.45, 2.75) is 28.5 Å². The summed E-state index contributed by atoms with van der Waals surface area (Å²) < 4.78 is 6.00. The number of phenolic OH excluding ortho intramolecular Hbond substituents is 1. The Morgan fingerprint density at radius 2 is 2.00 bits per heavy atom. The first-order valence-electron chi connectivity index (χ1n) is 7.93. The quantitative estimate of drug-likeness (QED) is 0.685. The van der Waals surface area contributed by atoms with Crippen LogP contribution in [0.25, 0.3) is 0 Å². The first-order valence-corrected chi connectivity index (χ1v) is 9.90. The average molecular weight is 364 g/mol. The van der Waals surface area contributed by atoms with Crippen LogP contribution in [0, 0.1) is 0 Å². The zero-order valence-electron chi connectivity index (χ0n) is 13.2. The molecule has 1 aliphatic heterocycles. The second-order valence-corrected chi connectivity index (χ2v) is 7.73. The van der Waals surface area contributed by atoms with Gasteiger partial charge >= 0.3 is 0 Å². The summed E-state index contributed by atoms with van der Waals surface area (Å²) in [6.07, 6.45) is 0.286. The van der Waals surface area contributed by atoms with Gasteiger partial charge in [-0.15, -0.1) is 23.5 Å². The number of rotatable bonds is 6. The third-order valence-corrected chi connectivity index (χ3v) is 5.93. The molecule has 0 spiro atoms. The highest BCUT2D eigenvalue weighted by Crippen LogP contribution is 2.33. The first-order chi connectivity index (χ1) is 11.7. The maximum atomic E-state index is 10.2. The predicted octanol–water partition coefficient (Wildman–Crippen LogP) is 3.34. The topological polar surface area (TPSA) is 61.7 Å². The van der Waals surface area contributed by atoms with Crippen molar-refractivity contribution in [1.29, 1.82) is 0 Å². The highest BCUT2D eigenvalue weighted by molar-refractivity contribution is 7.99. The molecule has 1 heterocycles. The van der Waals surface area contributed by atoms with Gasteiger partial charge in [-0.25, -0.2) is 0 Å². The van der Waals surface area contributed by atoms with Gasteiger partial charge in [0.1, 0.15) is 11.5 Å². The summed E-state index contributed by atoms with van der Waals surface area (Å²) in [6, 6.07) is 15.2. The minimum atomic E-state index is -0.510. The summed E-state index contributed by atoms with van der Waals surface area (Å²) >= 11 is 3.25. The molecule has 2 unspecified atom stereocenters. The van der Waals surface area contributed by atoms with Crippen LogP contribution in [0.15, 0.2) is 58.3 Å². The number of para-hydroxylation sites is 2. The van der Waals surface area contributed by atoms with Crippen molar-refractivity contribution in [2.75, 3.05) is 18.1 Å². The van der Waals surface area contributed by atoms with E-state index in [0.29, 0.717) is 12.3 Å². The van der Waals surface area contributed by atoms with Crippen LogP contribution in [0.3, 0.4) is 0 Å². The van der Waals surface area contributed by atoms with Gasteiger partial charge in [0.05, 0.1) is 6.10 Å². The van der Waals surface area contributed by atoms with Crippen LogP contribution < -0.4 is 10.1 Å². The Morgan fingerprint density at radius 3 is 2.88 bits per heavy atom. The lowest BCUT2D eigenvalue weighted by atomic mass is 10.3. The van der Waals surface area contributed by atoms with Gasteiger partial charge in [0, 0.05) is 34.3 Å². The van der Waals surface area contributed by atoms with Crippen LogP contribution in [0.5, 0.6) is 11.5 Å². The van der Waals surface area contributed by atoms with E-state index < -0.39 is 6.10 Å². The number of hydrogen-bond acceptors (Lipinski definition) is 6. The molecular weight excluding hydrogens is 342 g/mol. The number of hydrogen-bond donors (Lipinski definition) is 3. The minimum Gasteiger partial charge on any atom is -0.507 e. The van der Waals surface area contributed by atoms with E-state index in [1.54, 1.807) is 23.9 Å². The summed E-state index contributed by atoms with van der Waals surface area (Å²) in [5, 5.41) is 23.2. The molecule has 0 fully saturated rings. The van der Waals surface area contributed by atoms with Crippen LogP contribution in [0.1, 0.15) is 6.42 Å². The number of aliphatic hydroxyl groups excluding tert-OH is 1. The number of thioether (sulfide) groups is 2. The molecule has 0 saturated heterocycles. The standard InChI is InChI=1S/C18H21NO3S2/c20-13(12-24-16-7-3-1-5-14(16)21)11-19-18-9-10-23-17-8-4-2-6-15(17)22-18/h1-8,13,18-21H,9-12H2. The smallest absolute Gasteiger partial charge is 0.151 e. The molecular formula is C18H21NO3S2. The molecule has 0 bridgehead atoms. The van der Waals surface area contributed by atoms with E-state index in [1.165, 1.54) is 11.8 Å². The lowest BCUT2D eigenvalue weighted by Crippen LogP contribution is -2.40. The fraction of sp³-hybridized carbons (Fsp3) is 0.333. The molecule has 1 aliphatic rings. The molecule has 4 nitrogen and oxygen atoms in total. The number of aromatic hydroxyl groups is 1. The van der Waals surface area contributed by atoms with E-state index in [1.807, 2.05) is 30.3 Å². The second kappa shape index (κ2) is 8.67. The molecule has 2 atom stereocenters. The van der Waals surface area contributed by atoms with E-state index in [-0.39, 0.29) is 12.0 Å². The van der Waals surface area contributed by atoms with Gasteiger partial charge < -0.3 is 14.9 Å². The third kappa shape index (κ3) is 4.83. The van der Waals surface area contributed by atoms with Crippen molar-refractivity contribution < 1.29 is 14.9 Å². The Balaban J connectivity index is 1.46. The van der Waals surface area contributed by atoms with Crippen LogP contribution in [0.2, 0.25) is 0 Å². The van der Waals surface area contributed by atoms with Crippen molar-refractivity contribution >= 4 is 23.5 Å². The Kier molecular flexibility index (Phi) is 6.31. The molecule has 0 saturated carbocycles. The van der Waals surface area contributed by atoms with E-state index in [9.17, 15) is 10.2 Å². The molecule has 24 heavy (non-hydrogen) atoms. The van der Waals surface area contributed by atoms with E-state index in [0.717, 1.165) is 27.7 Å². The molecule has 6 heteroatoms. The summed E-state index contributed by atoms with van der Waals surface area (Å²) in [5.41, 5.74) is 0. The van der Waals surface area contributed by atoms with Crippen molar-refractivity contribution in [3.63, 3.8) is 0 Å². The van der Waals surface area contributed by atoms with Gasteiger partial charge in [0.2, 0.25) is 0 Å². The first kappa shape index (κ1) is 17.5. The predicted molar refractivity (Wildman–Crippen MR) is 99.0 cm³/mol. The Hall–Kier alpha value is -1.34. The molecule has 128 valence electrons. The fourth-order valence-electron chi connectivity index (χ4n) is 2.39. The molecule has 0 radical (unpaired) electrons. The summed E-state index contributed by atoms with van der Waals surface area (Å²) in [7, 11) is 0. The molecule has 3 N–H and O–H groups in total. The number of phenols is 1. The number of nitrogens with one attached hydrogen (secondary N) is 1. The van der Waals surface area contributed by atoms with E-state index in [4.69, 9.17) is 4.74 Å².